The quantitative estimate of drug-likeness (QED) is 0.534. The molecule has 1 fully saturated rings. The zero-order valence-electron chi connectivity index (χ0n) is 17.1. The van der Waals surface area contributed by atoms with Crippen LogP contribution in [0.25, 0.3) is 10.1 Å². The molecule has 2 heterocycles. The number of thiophene rings is 1. The van der Waals surface area contributed by atoms with Crippen LogP contribution in [0.1, 0.15) is 35.4 Å². The van der Waals surface area contributed by atoms with E-state index >= 15 is 0 Å². The van der Waals surface area contributed by atoms with Crippen LogP contribution in [-0.2, 0) is 10.0 Å². The number of hydrogen-bond donors (Lipinski definition) is 1. The van der Waals surface area contributed by atoms with Crippen LogP contribution in [0.15, 0.2) is 47.4 Å². The molecule has 1 saturated heterocycles. The molecule has 0 bridgehead atoms. The van der Waals surface area contributed by atoms with Crippen LogP contribution in [-0.4, -0.2) is 38.8 Å². The summed E-state index contributed by atoms with van der Waals surface area (Å²) in [5.41, 5.74) is 0.505. The minimum absolute atomic E-state index is 0.236. The van der Waals surface area contributed by atoms with Gasteiger partial charge in [0.15, 0.2) is 0 Å². The number of benzene rings is 2. The van der Waals surface area contributed by atoms with E-state index in [0.29, 0.717) is 34.4 Å². The number of ether oxygens (including phenoxy) is 1. The maximum atomic E-state index is 12.9. The topological polar surface area (TPSA) is 75.7 Å². The first-order valence-electron chi connectivity index (χ1n) is 10.1. The van der Waals surface area contributed by atoms with E-state index in [2.05, 4.69) is 5.32 Å². The van der Waals surface area contributed by atoms with E-state index in [0.717, 1.165) is 35.8 Å². The number of methoxy groups -OCH3 is 1. The van der Waals surface area contributed by atoms with Gasteiger partial charge >= 0.3 is 0 Å². The molecule has 1 N–H and O–H groups in total. The highest BCUT2D eigenvalue weighted by Crippen LogP contribution is 2.37. The van der Waals surface area contributed by atoms with Crippen molar-refractivity contribution < 1.29 is 17.9 Å². The van der Waals surface area contributed by atoms with E-state index in [1.807, 2.05) is 12.1 Å². The highest BCUT2D eigenvalue weighted by atomic mass is 35.5. The second-order valence-electron chi connectivity index (χ2n) is 7.40. The van der Waals surface area contributed by atoms with E-state index in [1.165, 1.54) is 23.5 Å². The molecule has 2 aromatic carbocycles. The van der Waals surface area contributed by atoms with Gasteiger partial charge in [0.2, 0.25) is 10.0 Å². The fraction of sp³-hybridized carbons (Fsp3) is 0.318. The molecule has 0 saturated carbocycles. The second kappa shape index (κ2) is 9.16. The lowest BCUT2D eigenvalue weighted by atomic mass is 10.2. The van der Waals surface area contributed by atoms with Gasteiger partial charge in [-0.3, -0.25) is 4.79 Å². The summed E-state index contributed by atoms with van der Waals surface area (Å²) in [4.78, 5) is 13.4. The molecule has 1 aliphatic heterocycles. The maximum Gasteiger partial charge on any atom is 0.267 e. The molecule has 9 heteroatoms. The summed E-state index contributed by atoms with van der Waals surface area (Å²) < 4.78 is 33.4. The number of halogens is 1. The van der Waals surface area contributed by atoms with Gasteiger partial charge in [0, 0.05) is 28.9 Å². The number of nitrogens with one attached hydrogen (secondary N) is 1. The number of hydrogen-bond acceptors (Lipinski definition) is 5. The maximum absolute atomic E-state index is 12.9. The molecule has 6 nitrogen and oxygen atoms in total. The average molecular weight is 479 g/mol. The standard InChI is InChI=1S/C22H23ClN2O4S2/c1-29-16-8-11-18-19(14-16)30-21(20(18)23)22(26)24-15-6-9-17(10-7-15)31(27,28)25-12-4-2-3-5-13-25/h6-11,14H,2-5,12-13H2,1H3,(H,24,26). The highest BCUT2D eigenvalue weighted by Gasteiger charge is 2.25. The number of fused-ring (bicyclic) bond motifs is 1. The van der Waals surface area contributed by atoms with Gasteiger partial charge in [-0.2, -0.15) is 4.31 Å². The molecule has 1 amide bonds. The van der Waals surface area contributed by atoms with Crippen LogP contribution in [0.5, 0.6) is 5.75 Å². The van der Waals surface area contributed by atoms with Crippen LogP contribution < -0.4 is 10.1 Å². The molecule has 0 aliphatic carbocycles. The number of sulfonamides is 1. The van der Waals surface area contributed by atoms with Crippen molar-refractivity contribution >= 4 is 54.6 Å². The molecular formula is C22H23ClN2O4S2. The van der Waals surface area contributed by atoms with Crippen LogP contribution in [0, 0.1) is 0 Å². The van der Waals surface area contributed by atoms with Gasteiger partial charge in [0.1, 0.15) is 10.6 Å². The summed E-state index contributed by atoms with van der Waals surface area (Å²) in [6.45, 7) is 1.10. The van der Waals surface area contributed by atoms with Gasteiger partial charge in [-0.25, -0.2) is 8.42 Å². The van der Waals surface area contributed by atoms with Crippen molar-refractivity contribution in [3.05, 3.63) is 52.4 Å². The Morgan fingerprint density at radius 1 is 1.06 bits per heavy atom. The first-order chi connectivity index (χ1) is 14.9. The number of carbonyl (C=O) groups is 1. The lowest BCUT2D eigenvalue weighted by Gasteiger charge is -2.20. The van der Waals surface area contributed by atoms with Crippen molar-refractivity contribution in [3.8, 4) is 5.75 Å². The Bertz CT molecular complexity index is 1200. The molecular weight excluding hydrogens is 456 g/mol. The fourth-order valence-corrected chi connectivity index (χ4v) is 6.61. The predicted octanol–water partition coefficient (Wildman–Crippen LogP) is 5.38. The molecule has 1 aliphatic rings. The minimum Gasteiger partial charge on any atom is -0.497 e. The van der Waals surface area contributed by atoms with Crippen molar-refractivity contribution in [2.24, 2.45) is 0 Å². The summed E-state index contributed by atoms with van der Waals surface area (Å²) in [5.74, 6) is 0.354. The third-order valence-electron chi connectivity index (χ3n) is 5.36. The summed E-state index contributed by atoms with van der Waals surface area (Å²) in [6.07, 6.45) is 3.89. The average Bonchev–Trinajstić information content (AvgIpc) is 2.94. The van der Waals surface area contributed by atoms with Crippen molar-refractivity contribution in [3.63, 3.8) is 0 Å². The highest BCUT2D eigenvalue weighted by molar-refractivity contribution is 7.89. The van der Waals surface area contributed by atoms with Gasteiger partial charge in [-0.05, 0) is 55.3 Å². The first-order valence-corrected chi connectivity index (χ1v) is 12.7. The van der Waals surface area contributed by atoms with E-state index in [1.54, 1.807) is 29.6 Å². The van der Waals surface area contributed by atoms with Crippen molar-refractivity contribution in [2.75, 3.05) is 25.5 Å². The minimum atomic E-state index is -3.52. The largest absolute Gasteiger partial charge is 0.497 e. The zero-order chi connectivity index (χ0) is 22.0. The van der Waals surface area contributed by atoms with Crippen molar-refractivity contribution in [1.82, 2.24) is 4.31 Å². The van der Waals surface area contributed by atoms with Crippen LogP contribution >= 0.6 is 22.9 Å². The molecule has 4 rings (SSSR count). The van der Waals surface area contributed by atoms with Crippen LogP contribution in [0.4, 0.5) is 5.69 Å². The van der Waals surface area contributed by atoms with E-state index in [9.17, 15) is 13.2 Å². The Labute approximate surface area is 190 Å². The molecule has 0 unspecified atom stereocenters. The lowest BCUT2D eigenvalue weighted by Crippen LogP contribution is -2.31. The summed E-state index contributed by atoms with van der Waals surface area (Å²) in [6, 6.07) is 11.7. The van der Waals surface area contributed by atoms with Crippen molar-refractivity contribution in [2.45, 2.75) is 30.6 Å². The number of rotatable bonds is 5. The Morgan fingerprint density at radius 3 is 2.39 bits per heavy atom. The third kappa shape index (κ3) is 4.57. The SMILES string of the molecule is COc1ccc2c(Cl)c(C(=O)Nc3ccc(S(=O)(=O)N4CCCCCC4)cc3)sc2c1. The predicted molar refractivity (Wildman–Crippen MR) is 125 cm³/mol. The smallest absolute Gasteiger partial charge is 0.267 e. The van der Waals surface area contributed by atoms with E-state index in [-0.39, 0.29) is 10.8 Å². The van der Waals surface area contributed by atoms with E-state index < -0.39 is 10.0 Å². The molecule has 0 radical (unpaired) electrons. The number of carbonyl (C=O) groups excluding carboxylic acids is 1. The second-order valence-corrected chi connectivity index (χ2v) is 10.8. The Morgan fingerprint density at radius 2 is 1.74 bits per heavy atom. The lowest BCUT2D eigenvalue weighted by molar-refractivity contribution is 0.103. The molecule has 3 aromatic rings. The summed E-state index contributed by atoms with van der Waals surface area (Å²) in [5, 5.41) is 3.98. The zero-order valence-corrected chi connectivity index (χ0v) is 19.4. The Hall–Kier alpha value is -2.13. The fourth-order valence-electron chi connectivity index (χ4n) is 3.65. The van der Waals surface area contributed by atoms with Crippen molar-refractivity contribution in [1.29, 1.82) is 0 Å². The van der Waals surface area contributed by atoms with Crippen LogP contribution in [0.2, 0.25) is 5.02 Å². The summed E-state index contributed by atoms with van der Waals surface area (Å²) >= 11 is 7.70. The van der Waals surface area contributed by atoms with Gasteiger partial charge < -0.3 is 10.1 Å². The Kier molecular flexibility index (Phi) is 6.52. The summed E-state index contributed by atoms with van der Waals surface area (Å²) in [7, 11) is -1.94. The molecule has 31 heavy (non-hydrogen) atoms. The third-order valence-corrected chi connectivity index (χ3v) is 8.93. The van der Waals surface area contributed by atoms with Crippen LogP contribution in [0.3, 0.4) is 0 Å². The molecule has 0 atom stereocenters. The molecule has 1 aromatic heterocycles. The monoisotopic (exact) mass is 478 g/mol. The Balaban J connectivity index is 1.52. The van der Waals surface area contributed by atoms with Gasteiger partial charge in [0.05, 0.1) is 17.0 Å². The van der Waals surface area contributed by atoms with Gasteiger partial charge in [-0.1, -0.05) is 24.4 Å². The normalized spacial score (nSPS) is 15.5. The molecule has 164 valence electrons. The first kappa shape index (κ1) is 22.1. The molecule has 0 spiro atoms. The van der Waals surface area contributed by atoms with E-state index in [4.69, 9.17) is 16.3 Å². The number of nitrogens with zero attached hydrogens (tertiary/aromatic N) is 1. The number of amides is 1. The van der Waals surface area contributed by atoms with Gasteiger partial charge in [0.25, 0.3) is 5.91 Å². The number of anilines is 1. The van der Waals surface area contributed by atoms with Gasteiger partial charge in [-0.15, -0.1) is 11.3 Å².